The minimum absolute atomic E-state index is 0.0706. The third-order valence-corrected chi connectivity index (χ3v) is 3.96. The molecule has 0 radical (unpaired) electrons. The van der Waals surface area contributed by atoms with Crippen molar-refractivity contribution in [3.05, 3.63) is 30.3 Å². The lowest BCUT2D eigenvalue weighted by Crippen LogP contribution is -2.47. The maximum absolute atomic E-state index is 12.4. The van der Waals surface area contributed by atoms with Crippen LogP contribution in [0.4, 0.5) is 18.9 Å². The third kappa shape index (κ3) is 5.43. The van der Waals surface area contributed by atoms with Crippen molar-refractivity contribution in [3.63, 3.8) is 0 Å². The molecule has 0 bridgehead atoms. The largest absolute Gasteiger partial charge is 0.471 e. The highest BCUT2D eigenvalue weighted by atomic mass is 19.4. The average Bonchev–Trinajstić information content (AvgIpc) is 2.58. The van der Waals surface area contributed by atoms with Gasteiger partial charge < -0.3 is 15.5 Å². The van der Waals surface area contributed by atoms with Gasteiger partial charge in [-0.25, -0.2) is 0 Å². The van der Waals surface area contributed by atoms with Crippen molar-refractivity contribution in [2.45, 2.75) is 19.0 Å². The van der Waals surface area contributed by atoms with Crippen LogP contribution in [0.5, 0.6) is 0 Å². The van der Waals surface area contributed by atoms with Crippen molar-refractivity contribution in [1.82, 2.24) is 10.2 Å². The van der Waals surface area contributed by atoms with Crippen LogP contribution >= 0.6 is 0 Å². The monoisotopic (exact) mass is 343 g/mol. The Morgan fingerprint density at radius 2 is 1.75 bits per heavy atom. The molecule has 1 heterocycles. The quantitative estimate of drug-likeness (QED) is 0.860. The van der Waals surface area contributed by atoms with E-state index >= 15 is 0 Å². The zero-order valence-electron chi connectivity index (χ0n) is 13.1. The van der Waals surface area contributed by atoms with Gasteiger partial charge in [0.15, 0.2) is 0 Å². The summed E-state index contributed by atoms with van der Waals surface area (Å²) in [7, 11) is 0. The molecule has 2 N–H and O–H groups in total. The average molecular weight is 343 g/mol. The van der Waals surface area contributed by atoms with E-state index in [1.54, 1.807) is 0 Å². The first-order valence-corrected chi connectivity index (χ1v) is 7.78. The number of hydrogen-bond acceptors (Lipinski definition) is 3. The lowest BCUT2D eigenvalue weighted by molar-refractivity contribution is -0.186. The zero-order chi connectivity index (χ0) is 17.6. The van der Waals surface area contributed by atoms with Crippen LogP contribution in [0.15, 0.2) is 30.3 Å². The van der Waals surface area contributed by atoms with Crippen molar-refractivity contribution < 1.29 is 22.8 Å². The van der Waals surface area contributed by atoms with E-state index < -0.39 is 12.1 Å². The number of nitrogens with zero attached hydrogens (tertiary/aromatic N) is 1. The molecule has 0 aliphatic carbocycles. The molecular formula is C16H20F3N3O2. The van der Waals surface area contributed by atoms with Gasteiger partial charge in [-0.3, -0.25) is 9.59 Å². The molecule has 0 atom stereocenters. The Morgan fingerprint density at radius 1 is 1.12 bits per heavy atom. The number of rotatable bonds is 5. The summed E-state index contributed by atoms with van der Waals surface area (Å²) in [6, 6.07) is 9.29. The number of para-hydroxylation sites is 1. The summed E-state index contributed by atoms with van der Waals surface area (Å²) in [6.07, 6.45) is -3.91. The van der Waals surface area contributed by atoms with Gasteiger partial charge in [0, 0.05) is 25.3 Å². The summed E-state index contributed by atoms with van der Waals surface area (Å²) in [5.74, 6) is -1.87. The molecule has 2 rings (SSSR count). The Balaban J connectivity index is 1.65. The zero-order valence-corrected chi connectivity index (χ0v) is 13.1. The first kappa shape index (κ1) is 18.1. The fourth-order valence-electron chi connectivity index (χ4n) is 2.58. The van der Waals surface area contributed by atoms with E-state index in [0.29, 0.717) is 19.4 Å². The Bertz CT molecular complexity index is 555. The van der Waals surface area contributed by atoms with Crippen LogP contribution in [0.25, 0.3) is 0 Å². The molecule has 2 amide bonds. The number of alkyl halides is 3. The van der Waals surface area contributed by atoms with Crippen LogP contribution in [0.3, 0.4) is 0 Å². The van der Waals surface area contributed by atoms with Crippen molar-refractivity contribution in [1.29, 1.82) is 0 Å². The number of nitrogens with one attached hydrogen (secondary N) is 2. The fraction of sp³-hybridized carbons (Fsp3) is 0.500. The summed E-state index contributed by atoms with van der Waals surface area (Å²) in [5.41, 5.74) is 0.839. The Kier molecular flexibility index (Phi) is 6.05. The predicted molar refractivity (Wildman–Crippen MR) is 83.3 cm³/mol. The molecule has 132 valence electrons. The first-order chi connectivity index (χ1) is 11.4. The minimum Gasteiger partial charge on any atom is -0.376 e. The Morgan fingerprint density at radius 3 is 2.33 bits per heavy atom. The maximum atomic E-state index is 12.4. The summed E-state index contributed by atoms with van der Waals surface area (Å²) in [5, 5.41) is 5.75. The smallest absolute Gasteiger partial charge is 0.376 e. The second kappa shape index (κ2) is 8.03. The van der Waals surface area contributed by atoms with Crippen molar-refractivity contribution in [3.8, 4) is 0 Å². The number of carbonyl (C=O) groups excluding carboxylic acids is 2. The number of piperidine rings is 1. The Labute approximate surface area is 138 Å². The molecular weight excluding hydrogens is 323 g/mol. The van der Waals surface area contributed by atoms with Gasteiger partial charge in [0.25, 0.3) is 0 Å². The number of hydrogen-bond donors (Lipinski definition) is 2. The molecule has 1 aliphatic heterocycles. The van der Waals surface area contributed by atoms with E-state index in [2.05, 4.69) is 10.6 Å². The second-order valence-corrected chi connectivity index (χ2v) is 5.76. The molecule has 0 aromatic heterocycles. The standard InChI is InChI=1S/C16H20F3N3O2/c17-16(18,19)15(24)22-8-6-12(7-9-22)10-21-14(23)11-20-13-4-2-1-3-5-13/h1-5,12,20H,6-11H2,(H,21,23). The van der Waals surface area contributed by atoms with Crippen LogP contribution in [0.1, 0.15) is 12.8 Å². The number of amides is 2. The lowest BCUT2D eigenvalue weighted by atomic mass is 9.96. The minimum atomic E-state index is -4.82. The number of halogens is 3. The highest BCUT2D eigenvalue weighted by Gasteiger charge is 2.43. The van der Waals surface area contributed by atoms with Gasteiger partial charge in [0.1, 0.15) is 0 Å². The SMILES string of the molecule is O=C(CNc1ccccc1)NCC1CCN(C(=O)C(F)(F)F)CC1. The van der Waals surface area contributed by atoms with Gasteiger partial charge in [0.05, 0.1) is 6.54 Å². The van der Waals surface area contributed by atoms with E-state index in [0.717, 1.165) is 10.6 Å². The van der Waals surface area contributed by atoms with E-state index in [4.69, 9.17) is 0 Å². The molecule has 0 unspecified atom stereocenters. The highest BCUT2D eigenvalue weighted by molar-refractivity contribution is 5.82. The van der Waals surface area contributed by atoms with Crippen LogP contribution in [-0.2, 0) is 9.59 Å². The van der Waals surface area contributed by atoms with E-state index in [9.17, 15) is 22.8 Å². The first-order valence-electron chi connectivity index (χ1n) is 7.78. The topological polar surface area (TPSA) is 61.4 Å². The lowest BCUT2D eigenvalue weighted by Gasteiger charge is -2.32. The molecule has 1 fully saturated rings. The van der Waals surface area contributed by atoms with E-state index in [-0.39, 0.29) is 31.5 Å². The summed E-state index contributed by atoms with van der Waals surface area (Å²) >= 11 is 0. The maximum Gasteiger partial charge on any atom is 0.471 e. The van der Waals surface area contributed by atoms with Gasteiger partial charge in [-0.1, -0.05) is 18.2 Å². The molecule has 1 aliphatic rings. The van der Waals surface area contributed by atoms with Crippen molar-refractivity contribution >= 4 is 17.5 Å². The third-order valence-electron chi connectivity index (χ3n) is 3.96. The predicted octanol–water partition coefficient (Wildman–Crippen LogP) is 2.02. The number of likely N-dealkylation sites (tertiary alicyclic amines) is 1. The molecule has 0 saturated carbocycles. The van der Waals surface area contributed by atoms with Crippen LogP contribution in [0, 0.1) is 5.92 Å². The van der Waals surface area contributed by atoms with Crippen molar-refractivity contribution in [2.24, 2.45) is 5.92 Å². The van der Waals surface area contributed by atoms with Gasteiger partial charge in [0.2, 0.25) is 5.91 Å². The van der Waals surface area contributed by atoms with E-state index in [1.165, 1.54) is 0 Å². The van der Waals surface area contributed by atoms with Gasteiger partial charge in [-0.2, -0.15) is 13.2 Å². The number of benzene rings is 1. The van der Waals surface area contributed by atoms with Crippen molar-refractivity contribution in [2.75, 3.05) is 31.5 Å². The van der Waals surface area contributed by atoms with Gasteiger partial charge in [-0.05, 0) is 30.9 Å². The number of carbonyl (C=O) groups is 2. The molecule has 24 heavy (non-hydrogen) atoms. The summed E-state index contributed by atoms with van der Waals surface area (Å²) in [4.78, 5) is 23.7. The summed E-state index contributed by atoms with van der Waals surface area (Å²) in [6.45, 7) is 0.682. The molecule has 0 spiro atoms. The van der Waals surface area contributed by atoms with Gasteiger partial charge >= 0.3 is 12.1 Å². The molecule has 1 saturated heterocycles. The molecule has 8 heteroatoms. The van der Waals surface area contributed by atoms with Crippen LogP contribution in [-0.4, -0.2) is 49.1 Å². The molecule has 1 aromatic carbocycles. The highest BCUT2D eigenvalue weighted by Crippen LogP contribution is 2.23. The van der Waals surface area contributed by atoms with E-state index in [1.807, 2.05) is 30.3 Å². The fourth-order valence-corrected chi connectivity index (χ4v) is 2.58. The molecule has 1 aromatic rings. The number of anilines is 1. The van der Waals surface area contributed by atoms with Gasteiger partial charge in [-0.15, -0.1) is 0 Å². The Hall–Kier alpha value is -2.25. The van der Waals surface area contributed by atoms with Crippen LogP contribution < -0.4 is 10.6 Å². The normalized spacial score (nSPS) is 15.9. The molecule has 5 nitrogen and oxygen atoms in total. The van der Waals surface area contributed by atoms with Crippen LogP contribution in [0.2, 0.25) is 0 Å². The summed E-state index contributed by atoms with van der Waals surface area (Å²) < 4.78 is 37.1. The second-order valence-electron chi connectivity index (χ2n) is 5.76.